The summed E-state index contributed by atoms with van der Waals surface area (Å²) in [6, 6.07) is 8.53. The van der Waals surface area contributed by atoms with Crippen molar-refractivity contribution in [2.75, 3.05) is 13.1 Å². The Balaban J connectivity index is 1.40. The maximum absolute atomic E-state index is 12.8. The predicted octanol–water partition coefficient (Wildman–Crippen LogP) is 1.02. The molecular formula is C22H24N6O4S. The van der Waals surface area contributed by atoms with E-state index in [-0.39, 0.29) is 40.0 Å². The maximum Gasteiger partial charge on any atom is 0.276 e. The highest BCUT2D eigenvalue weighted by Gasteiger charge is 2.30. The van der Waals surface area contributed by atoms with Gasteiger partial charge in [0.15, 0.2) is 5.65 Å². The fourth-order valence-corrected chi connectivity index (χ4v) is 5.45. The van der Waals surface area contributed by atoms with Gasteiger partial charge in [0.25, 0.3) is 5.56 Å². The summed E-state index contributed by atoms with van der Waals surface area (Å²) < 4.78 is 28.3. The van der Waals surface area contributed by atoms with E-state index in [0.717, 1.165) is 10.1 Å². The molecule has 0 unspecified atom stereocenters. The number of benzene rings is 1. The van der Waals surface area contributed by atoms with Gasteiger partial charge in [-0.15, -0.1) is 0 Å². The largest absolute Gasteiger partial charge is 0.353 e. The number of aromatic amines is 1. The van der Waals surface area contributed by atoms with Gasteiger partial charge in [-0.1, -0.05) is 17.7 Å². The van der Waals surface area contributed by atoms with Crippen LogP contribution in [0.25, 0.3) is 5.65 Å². The van der Waals surface area contributed by atoms with Crippen molar-refractivity contribution in [2.45, 2.75) is 44.0 Å². The molecule has 33 heavy (non-hydrogen) atoms. The molecule has 0 atom stereocenters. The first kappa shape index (κ1) is 22.7. The molecule has 11 heteroatoms. The molecule has 1 aliphatic rings. The van der Waals surface area contributed by atoms with Crippen LogP contribution in [0.5, 0.6) is 0 Å². The van der Waals surface area contributed by atoms with Crippen LogP contribution in [-0.4, -0.2) is 52.4 Å². The third-order valence-corrected chi connectivity index (χ3v) is 7.81. The van der Waals surface area contributed by atoms with E-state index in [1.165, 1.54) is 10.5 Å². The lowest BCUT2D eigenvalue weighted by atomic mass is 10.1. The summed E-state index contributed by atoms with van der Waals surface area (Å²) in [6.45, 7) is 4.13. The topological polar surface area (TPSA) is 140 Å². The fraction of sp³-hybridized carbons (Fsp3) is 0.364. The van der Waals surface area contributed by atoms with Gasteiger partial charge in [0.05, 0.1) is 11.3 Å². The molecule has 172 valence electrons. The number of amides is 1. The quantitative estimate of drug-likeness (QED) is 0.573. The normalized spacial score (nSPS) is 15.4. The number of sulfonamides is 1. The Morgan fingerprint density at radius 2 is 1.91 bits per heavy atom. The van der Waals surface area contributed by atoms with Crippen LogP contribution in [-0.2, 0) is 21.2 Å². The molecule has 3 heterocycles. The van der Waals surface area contributed by atoms with Crippen molar-refractivity contribution in [2.24, 2.45) is 0 Å². The van der Waals surface area contributed by atoms with Crippen LogP contribution < -0.4 is 10.9 Å². The zero-order chi connectivity index (χ0) is 23.8. The second-order valence-corrected chi connectivity index (χ2v) is 10.1. The maximum atomic E-state index is 12.8. The summed E-state index contributed by atoms with van der Waals surface area (Å²) >= 11 is 0. The number of carbonyl (C=O) groups excluding carboxylic acids is 1. The van der Waals surface area contributed by atoms with Gasteiger partial charge in [0.2, 0.25) is 15.9 Å². The number of H-pyrrole nitrogens is 1. The summed E-state index contributed by atoms with van der Waals surface area (Å²) in [6.07, 6.45) is 2.21. The van der Waals surface area contributed by atoms with Crippen LogP contribution >= 0.6 is 0 Å². The van der Waals surface area contributed by atoms with E-state index < -0.39 is 15.6 Å². The van der Waals surface area contributed by atoms with Gasteiger partial charge >= 0.3 is 0 Å². The van der Waals surface area contributed by atoms with Crippen molar-refractivity contribution in [3.05, 3.63) is 63.2 Å². The Morgan fingerprint density at radius 3 is 2.55 bits per heavy atom. The van der Waals surface area contributed by atoms with Crippen molar-refractivity contribution in [3.63, 3.8) is 0 Å². The van der Waals surface area contributed by atoms with E-state index >= 15 is 0 Å². The molecule has 2 aromatic heterocycles. The number of hydrogen-bond acceptors (Lipinski definition) is 6. The number of fused-ring (bicyclic) bond motifs is 1. The van der Waals surface area contributed by atoms with Crippen molar-refractivity contribution in [1.29, 1.82) is 5.26 Å². The smallest absolute Gasteiger partial charge is 0.276 e. The van der Waals surface area contributed by atoms with Crippen molar-refractivity contribution in [3.8, 4) is 6.07 Å². The monoisotopic (exact) mass is 468 g/mol. The first-order valence-electron chi connectivity index (χ1n) is 10.6. The summed E-state index contributed by atoms with van der Waals surface area (Å²) in [7, 11) is -3.57. The van der Waals surface area contributed by atoms with Gasteiger partial charge in [-0.2, -0.15) is 9.57 Å². The number of rotatable bonds is 5. The van der Waals surface area contributed by atoms with E-state index in [0.29, 0.717) is 31.6 Å². The Bertz CT molecular complexity index is 1410. The molecule has 4 rings (SSSR count). The predicted molar refractivity (Wildman–Crippen MR) is 120 cm³/mol. The van der Waals surface area contributed by atoms with Crippen molar-refractivity contribution in [1.82, 2.24) is 24.2 Å². The minimum Gasteiger partial charge on any atom is -0.353 e. The average molecular weight is 469 g/mol. The van der Waals surface area contributed by atoms with E-state index in [9.17, 15) is 18.0 Å². The molecule has 1 fully saturated rings. The number of hydrogen-bond donors (Lipinski definition) is 2. The van der Waals surface area contributed by atoms with Crippen LogP contribution in [0.15, 0.2) is 40.2 Å². The first-order valence-corrected chi connectivity index (χ1v) is 12.0. The Morgan fingerprint density at radius 1 is 1.24 bits per heavy atom. The molecule has 3 aromatic rings. The number of nitrogens with one attached hydrogen (secondary N) is 2. The molecule has 1 aliphatic heterocycles. The van der Waals surface area contributed by atoms with Gasteiger partial charge in [-0.25, -0.2) is 17.9 Å². The molecule has 1 amide bonds. The van der Waals surface area contributed by atoms with E-state index in [4.69, 9.17) is 5.26 Å². The fourth-order valence-electron chi connectivity index (χ4n) is 3.98. The number of piperidine rings is 1. The van der Waals surface area contributed by atoms with Crippen LogP contribution in [0.3, 0.4) is 0 Å². The molecule has 0 bridgehead atoms. The second-order valence-electron chi connectivity index (χ2n) is 8.17. The van der Waals surface area contributed by atoms with Gasteiger partial charge in [0, 0.05) is 36.6 Å². The molecule has 10 nitrogen and oxygen atoms in total. The summed E-state index contributed by atoms with van der Waals surface area (Å²) in [4.78, 5) is 29.9. The Labute approximate surface area is 190 Å². The lowest BCUT2D eigenvalue weighted by Crippen LogP contribution is -2.47. The van der Waals surface area contributed by atoms with Crippen molar-refractivity contribution < 1.29 is 13.2 Å². The van der Waals surface area contributed by atoms with Gasteiger partial charge in [-0.05, 0) is 38.8 Å². The molecule has 1 aromatic carbocycles. The zero-order valence-electron chi connectivity index (χ0n) is 18.3. The second kappa shape index (κ2) is 8.80. The molecule has 2 N–H and O–H groups in total. The number of aromatic nitrogens is 3. The lowest BCUT2D eigenvalue weighted by molar-refractivity contribution is -0.121. The van der Waals surface area contributed by atoms with Crippen LogP contribution in [0.1, 0.15) is 35.2 Å². The zero-order valence-corrected chi connectivity index (χ0v) is 19.1. The van der Waals surface area contributed by atoms with E-state index in [1.807, 2.05) is 13.0 Å². The summed E-state index contributed by atoms with van der Waals surface area (Å²) in [5, 5.41) is 14.7. The molecule has 1 saturated heterocycles. The van der Waals surface area contributed by atoms with E-state index in [2.05, 4.69) is 15.4 Å². The molecular weight excluding hydrogens is 444 g/mol. The molecule has 0 spiro atoms. The third kappa shape index (κ3) is 4.40. The standard InChI is InChI=1S/C22H24N6O4S/c1-14-3-5-18(6-4-14)33(31,32)27-9-7-17(8-10-27)26-20(29)11-19-15(2)25-21-16(12-23)13-24-28(21)22(19)30/h3-6,13,17,24H,7-11H2,1-2H3,(H,26,29). The van der Waals surface area contributed by atoms with Crippen molar-refractivity contribution >= 4 is 21.6 Å². The first-order chi connectivity index (χ1) is 15.7. The highest BCUT2D eigenvalue weighted by Crippen LogP contribution is 2.21. The number of aryl methyl sites for hydroxylation is 2. The number of nitrogens with zero attached hydrogens (tertiary/aromatic N) is 4. The number of nitriles is 1. The SMILES string of the molecule is Cc1ccc(S(=O)(=O)N2CCC(NC(=O)Cc3c(C)nc4c(C#N)c[nH]n4c3=O)CC2)cc1. The molecule has 0 aliphatic carbocycles. The highest BCUT2D eigenvalue weighted by molar-refractivity contribution is 7.89. The summed E-state index contributed by atoms with van der Waals surface area (Å²) in [5.74, 6) is -0.330. The third-order valence-electron chi connectivity index (χ3n) is 5.90. The Hall–Kier alpha value is -3.49. The highest BCUT2D eigenvalue weighted by atomic mass is 32.2. The molecule has 0 saturated carbocycles. The van der Waals surface area contributed by atoms with Gasteiger partial charge < -0.3 is 5.32 Å². The van der Waals surface area contributed by atoms with Gasteiger partial charge in [-0.3, -0.25) is 14.7 Å². The molecule has 0 radical (unpaired) electrons. The minimum atomic E-state index is -3.57. The number of carbonyl (C=O) groups is 1. The van der Waals surface area contributed by atoms with E-state index in [1.54, 1.807) is 31.2 Å². The van der Waals surface area contributed by atoms with Crippen LogP contribution in [0, 0.1) is 25.2 Å². The Kier molecular flexibility index (Phi) is 6.05. The van der Waals surface area contributed by atoms with Gasteiger partial charge in [0.1, 0.15) is 11.6 Å². The minimum absolute atomic E-state index is 0.149. The lowest BCUT2D eigenvalue weighted by Gasteiger charge is -2.31. The van der Waals surface area contributed by atoms with Crippen LogP contribution in [0.2, 0.25) is 0 Å². The van der Waals surface area contributed by atoms with Crippen LogP contribution in [0.4, 0.5) is 0 Å². The average Bonchev–Trinajstić information content (AvgIpc) is 3.20. The summed E-state index contributed by atoms with van der Waals surface area (Å²) in [5.41, 5.74) is 1.68.